The van der Waals surface area contributed by atoms with E-state index in [1.807, 2.05) is 18.7 Å². The average molecular weight is 327 g/mol. The van der Waals surface area contributed by atoms with Gasteiger partial charge >= 0.3 is 0 Å². The Morgan fingerprint density at radius 2 is 2.00 bits per heavy atom. The molecule has 0 spiro atoms. The second-order valence-electron chi connectivity index (χ2n) is 6.27. The number of amides is 2. The Morgan fingerprint density at radius 1 is 1.30 bits per heavy atom. The van der Waals surface area contributed by atoms with E-state index < -0.39 is 6.10 Å². The van der Waals surface area contributed by atoms with Gasteiger partial charge in [-0.1, -0.05) is 0 Å². The molecule has 2 amide bonds. The van der Waals surface area contributed by atoms with Crippen molar-refractivity contribution in [2.45, 2.75) is 26.4 Å². The molecular formula is C16H29N3O4. The van der Waals surface area contributed by atoms with Crippen molar-refractivity contribution in [2.24, 2.45) is 5.92 Å². The molecule has 0 aromatic carbocycles. The summed E-state index contributed by atoms with van der Waals surface area (Å²) in [4.78, 5) is 30.1. The van der Waals surface area contributed by atoms with Crippen LogP contribution in [0.3, 0.4) is 0 Å². The van der Waals surface area contributed by atoms with Crippen molar-refractivity contribution in [3.8, 4) is 0 Å². The fraction of sp³-hybridized carbons (Fsp3) is 0.875. The molecule has 23 heavy (non-hydrogen) atoms. The first-order chi connectivity index (χ1) is 11.0. The molecule has 2 atom stereocenters. The fourth-order valence-electron chi connectivity index (χ4n) is 3.26. The Kier molecular flexibility index (Phi) is 6.80. The Labute approximate surface area is 138 Å². The molecular weight excluding hydrogens is 298 g/mol. The molecule has 0 aliphatic carbocycles. The summed E-state index contributed by atoms with van der Waals surface area (Å²) in [6, 6.07) is 0. The number of ether oxygens (including phenoxy) is 1. The van der Waals surface area contributed by atoms with Crippen LogP contribution in [-0.4, -0.2) is 96.8 Å². The molecule has 0 aromatic rings. The van der Waals surface area contributed by atoms with E-state index in [-0.39, 0.29) is 17.7 Å². The first-order valence-corrected chi connectivity index (χ1v) is 8.59. The van der Waals surface area contributed by atoms with E-state index in [9.17, 15) is 14.7 Å². The van der Waals surface area contributed by atoms with E-state index in [4.69, 9.17) is 4.74 Å². The van der Waals surface area contributed by atoms with E-state index in [2.05, 4.69) is 4.90 Å². The van der Waals surface area contributed by atoms with Crippen LogP contribution in [-0.2, 0) is 14.3 Å². The second kappa shape index (κ2) is 8.61. The zero-order chi connectivity index (χ0) is 16.8. The molecule has 0 radical (unpaired) electrons. The monoisotopic (exact) mass is 327 g/mol. The Morgan fingerprint density at radius 3 is 2.57 bits per heavy atom. The number of nitrogens with zero attached hydrogens (tertiary/aromatic N) is 3. The van der Waals surface area contributed by atoms with Crippen LogP contribution < -0.4 is 0 Å². The number of β-amino-alcohol motifs (C(OH)–C–C–N with tert-alkyl or cyclic N) is 1. The number of aliphatic hydroxyl groups is 1. The molecule has 0 bridgehead atoms. The molecule has 7 nitrogen and oxygen atoms in total. The van der Waals surface area contributed by atoms with E-state index in [1.165, 1.54) is 0 Å². The SMILES string of the molecule is CCOC[C@@H](O)CN1CCN(C(=O)[C@@H]2CC(=O)N(CC)C2)CC1. The number of piperazine rings is 1. The van der Waals surface area contributed by atoms with Gasteiger partial charge < -0.3 is 19.6 Å². The third kappa shape index (κ3) is 4.89. The van der Waals surface area contributed by atoms with Gasteiger partial charge in [0.2, 0.25) is 11.8 Å². The largest absolute Gasteiger partial charge is 0.389 e. The maximum atomic E-state index is 12.5. The molecule has 1 N–H and O–H groups in total. The topological polar surface area (TPSA) is 73.3 Å². The van der Waals surface area contributed by atoms with Crippen LogP contribution in [0.25, 0.3) is 0 Å². The van der Waals surface area contributed by atoms with Crippen LogP contribution in [0.5, 0.6) is 0 Å². The Hall–Kier alpha value is -1.18. The maximum absolute atomic E-state index is 12.5. The smallest absolute Gasteiger partial charge is 0.228 e. The standard InChI is InChI=1S/C16H29N3O4/c1-3-18-10-13(9-15(18)21)16(22)19-7-5-17(6-8-19)11-14(20)12-23-4-2/h13-14,20H,3-12H2,1-2H3/t13-,14+/m1/s1. The highest BCUT2D eigenvalue weighted by Gasteiger charge is 2.36. The molecule has 2 fully saturated rings. The molecule has 2 heterocycles. The van der Waals surface area contributed by atoms with Crippen molar-refractivity contribution in [3.63, 3.8) is 0 Å². The van der Waals surface area contributed by atoms with Crippen LogP contribution in [0.2, 0.25) is 0 Å². The highest BCUT2D eigenvalue weighted by atomic mass is 16.5. The minimum Gasteiger partial charge on any atom is -0.389 e. The number of carbonyl (C=O) groups is 2. The van der Waals surface area contributed by atoms with Gasteiger partial charge in [0.25, 0.3) is 0 Å². The summed E-state index contributed by atoms with van der Waals surface area (Å²) in [6.07, 6.45) is -0.136. The van der Waals surface area contributed by atoms with Gasteiger partial charge in [-0.05, 0) is 13.8 Å². The van der Waals surface area contributed by atoms with Gasteiger partial charge in [-0.2, -0.15) is 0 Å². The van der Waals surface area contributed by atoms with Gasteiger partial charge in [0.1, 0.15) is 0 Å². The molecule has 7 heteroatoms. The lowest BCUT2D eigenvalue weighted by Crippen LogP contribution is -2.52. The van der Waals surface area contributed by atoms with E-state index in [0.29, 0.717) is 52.4 Å². The first kappa shape index (κ1) is 18.2. The number of carbonyl (C=O) groups excluding carboxylic acids is 2. The van der Waals surface area contributed by atoms with Crippen molar-refractivity contribution >= 4 is 11.8 Å². The van der Waals surface area contributed by atoms with Crippen LogP contribution in [0.1, 0.15) is 20.3 Å². The second-order valence-corrected chi connectivity index (χ2v) is 6.27. The summed E-state index contributed by atoms with van der Waals surface area (Å²) in [5.74, 6) is 0.00453. The van der Waals surface area contributed by atoms with E-state index in [0.717, 1.165) is 13.1 Å². The van der Waals surface area contributed by atoms with Gasteiger partial charge in [-0.25, -0.2) is 0 Å². The van der Waals surface area contributed by atoms with Crippen molar-refractivity contribution in [3.05, 3.63) is 0 Å². The summed E-state index contributed by atoms with van der Waals surface area (Å²) in [5, 5.41) is 9.88. The van der Waals surface area contributed by atoms with Gasteiger partial charge in [0, 0.05) is 58.8 Å². The van der Waals surface area contributed by atoms with Crippen molar-refractivity contribution in [1.29, 1.82) is 0 Å². The zero-order valence-corrected chi connectivity index (χ0v) is 14.2. The Balaban J connectivity index is 1.74. The highest BCUT2D eigenvalue weighted by molar-refractivity contribution is 5.89. The molecule has 0 unspecified atom stereocenters. The maximum Gasteiger partial charge on any atom is 0.228 e. The predicted octanol–water partition coefficient (Wildman–Crippen LogP) is -0.604. The van der Waals surface area contributed by atoms with Crippen molar-refractivity contribution in [2.75, 3.05) is 59.0 Å². The molecule has 0 aromatic heterocycles. The molecule has 2 aliphatic rings. The van der Waals surface area contributed by atoms with Crippen molar-refractivity contribution < 1.29 is 19.4 Å². The number of likely N-dealkylation sites (tertiary alicyclic amines) is 1. The highest BCUT2D eigenvalue weighted by Crippen LogP contribution is 2.20. The third-order valence-electron chi connectivity index (χ3n) is 4.61. The lowest BCUT2D eigenvalue weighted by molar-refractivity contribution is -0.137. The molecule has 2 saturated heterocycles. The first-order valence-electron chi connectivity index (χ1n) is 8.59. The van der Waals surface area contributed by atoms with E-state index in [1.54, 1.807) is 4.90 Å². The Bertz CT molecular complexity index is 410. The van der Waals surface area contributed by atoms with Crippen molar-refractivity contribution in [1.82, 2.24) is 14.7 Å². The predicted molar refractivity (Wildman–Crippen MR) is 85.9 cm³/mol. The summed E-state index contributed by atoms with van der Waals surface area (Å²) in [6.45, 7) is 9.46. The van der Waals surface area contributed by atoms with Crippen LogP contribution in [0.4, 0.5) is 0 Å². The van der Waals surface area contributed by atoms with Crippen LogP contribution in [0, 0.1) is 5.92 Å². The van der Waals surface area contributed by atoms with Gasteiger partial charge in [-0.3, -0.25) is 14.5 Å². The number of hydrogen-bond acceptors (Lipinski definition) is 5. The summed E-state index contributed by atoms with van der Waals surface area (Å²) in [7, 11) is 0. The number of rotatable bonds is 7. The molecule has 2 rings (SSSR count). The van der Waals surface area contributed by atoms with Crippen LogP contribution in [0.15, 0.2) is 0 Å². The lowest BCUT2D eigenvalue weighted by Gasteiger charge is -2.36. The fourth-order valence-corrected chi connectivity index (χ4v) is 3.26. The summed E-state index contributed by atoms with van der Waals surface area (Å²) < 4.78 is 5.22. The van der Waals surface area contributed by atoms with Gasteiger partial charge in [0.15, 0.2) is 0 Å². The van der Waals surface area contributed by atoms with E-state index >= 15 is 0 Å². The zero-order valence-electron chi connectivity index (χ0n) is 14.2. The van der Waals surface area contributed by atoms with Gasteiger partial charge in [-0.15, -0.1) is 0 Å². The minimum absolute atomic E-state index is 0.0866. The normalized spacial score (nSPS) is 24.3. The quantitative estimate of drug-likeness (QED) is 0.676. The number of aliphatic hydroxyl groups excluding tert-OH is 1. The summed E-state index contributed by atoms with van der Waals surface area (Å²) in [5.41, 5.74) is 0. The summed E-state index contributed by atoms with van der Waals surface area (Å²) >= 11 is 0. The lowest BCUT2D eigenvalue weighted by atomic mass is 10.1. The number of hydrogen-bond donors (Lipinski definition) is 1. The minimum atomic E-state index is -0.484. The third-order valence-corrected chi connectivity index (χ3v) is 4.61. The molecule has 0 saturated carbocycles. The average Bonchev–Trinajstić information content (AvgIpc) is 2.94. The van der Waals surface area contributed by atoms with Gasteiger partial charge in [0.05, 0.1) is 18.6 Å². The molecule has 2 aliphatic heterocycles. The molecule has 132 valence electrons. The van der Waals surface area contributed by atoms with Crippen LogP contribution >= 0.6 is 0 Å².